The van der Waals surface area contributed by atoms with E-state index in [2.05, 4.69) is 28.5 Å². The van der Waals surface area contributed by atoms with Crippen LogP contribution in [0.3, 0.4) is 0 Å². The molecule has 0 saturated carbocycles. The maximum Gasteiger partial charge on any atom is 0.230 e. The second-order valence-electron chi connectivity index (χ2n) is 6.27. The number of hydrogen-bond acceptors (Lipinski definition) is 5. The van der Waals surface area contributed by atoms with E-state index in [1.807, 2.05) is 54.0 Å². The number of nitrogens with one attached hydrogen (secondary N) is 1. The zero-order chi connectivity index (χ0) is 19.8. The third-order valence-electron chi connectivity index (χ3n) is 4.19. The van der Waals surface area contributed by atoms with Crippen LogP contribution in [0.1, 0.15) is 18.1 Å². The summed E-state index contributed by atoms with van der Waals surface area (Å²) in [4.78, 5) is 12.1. The molecule has 0 fully saturated rings. The Morgan fingerprint density at radius 1 is 1.18 bits per heavy atom. The van der Waals surface area contributed by atoms with E-state index >= 15 is 0 Å². The van der Waals surface area contributed by atoms with E-state index in [1.54, 1.807) is 6.33 Å². The number of carbonyl (C=O) groups excluding carboxylic acids is 1. The molecular weight excluding hydrogens is 372 g/mol. The first kappa shape index (κ1) is 19.9. The maximum absolute atomic E-state index is 12.1. The molecule has 28 heavy (non-hydrogen) atoms. The van der Waals surface area contributed by atoms with Gasteiger partial charge in [0.25, 0.3) is 0 Å². The molecule has 1 N–H and O–H groups in total. The first-order valence-corrected chi connectivity index (χ1v) is 10.2. The molecule has 146 valence electrons. The van der Waals surface area contributed by atoms with Gasteiger partial charge in [0.05, 0.1) is 18.0 Å². The monoisotopic (exact) mass is 396 g/mol. The topological polar surface area (TPSA) is 69.0 Å². The van der Waals surface area contributed by atoms with Crippen molar-refractivity contribution in [2.24, 2.45) is 0 Å². The minimum atomic E-state index is -0.0594. The van der Waals surface area contributed by atoms with Crippen molar-refractivity contribution in [3.05, 3.63) is 66.0 Å². The van der Waals surface area contributed by atoms with E-state index in [0.29, 0.717) is 18.3 Å². The van der Waals surface area contributed by atoms with Crippen LogP contribution in [0.4, 0.5) is 0 Å². The van der Waals surface area contributed by atoms with Crippen molar-refractivity contribution in [2.75, 3.05) is 18.9 Å². The van der Waals surface area contributed by atoms with Gasteiger partial charge in [-0.25, -0.2) is 0 Å². The molecule has 3 aromatic rings. The van der Waals surface area contributed by atoms with Gasteiger partial charge in [0.15, 0.2) is 5.16 Å². The van der Waals surface area contributed by atoms with E-state index < -0.39 is 0 Å². The summed E-state index contributed by atoms with van der Waals surface area (Å²) in [5.74, 6) is 1.02. The van der Waals surface area contributed by atoms with Crippen LogP contribution < -0.4 is 10.1 Å². The van der Waals surface area contributed by atoms with Crippen molar-refractivity contribution in [3.63, 3.8) is 0 Å². The van der Waals surface area contributed by atoms with Gasteiger partial charge in [0, 0.05) is 0 Å². The zero-order valence-corrected chi connectivity index (χ0v) is 16.9. The Balaban J connectivity index is 1.46. The second-order valence-corrected chi connectivity index (χ2v) is 7.21. The number of aromatic nitrogens is 3. The molecule has 0 aliphatic heterocycles. The first-order chi connectivity index (χ1) is 13.7. The van der Waals surface area contributed by atoms with E-state index in [1.165, 1.54) is 22.9 Å². The normalized spacial score (nSPS) is 10.6. The standard InChI is InChI=1S/C21H24N4O2S/c1-3-17-6-4-5-7-19(17)25-15-23-24-21(25)28-14-20(26)22-12-13-27-18-10-8-16(2)9-11-18/h4-11,15H,3,12-14H2,1-2H3,(H,22,26). The number of hydrogen-bond donors (Lipinski definition) is 1. The largest absolute Gasteiger partial charge is 0.492 e. The summed E-state index contributed by atoms with van der Waals surface area (Å²) >= 11 is 1.37. The molecule has 3 rings (SSSR count). The van der Waals surface area contributed by atoms with E-state index in [-0.39, 0.29) is 11.7 Å². The van der Waals surface area contributed by atoms with E-state index in [4.69, 9.17) is 4.74 Å². The van der Waals surface area contributed by atoms with E-state index in [0.717, 1.165) is 17.9 Å². The Hall–Kier alpha value is -2.80. The number of benzene rings is 2. The molecule has 2 aromatic carbocycles. The van der Waals surface area contributed by atoms with Gasteiger partial charge in [0.2, 0.25) is 5.91 Å². The highest BCUT2D eigenvalue weighted by atomic mass is 32.2. The number of thioether (sulfide) groups is 1. The van der Waals surface area contributed by atoms with Gasteiger partial charge in [-0.15, -0.1) is 10.2 Å². The summed E-state index contributed by atoms with van der Waals surface area (Å²) in [5.41, 5.74) is 3.44. The van der Waals surface area contributed by atoms with Crippen molar-refractivity contribution >= 4 is 17.7 Å². The Kier molecular flexibility index (Phi) is 7.08. The van der Waals surface area contributed by atoms with E-state index in [9.17, 15) is 4.79 Å². The summed E-state index contributed by atoms with van der Waals surface area (Å²) in [6.07, 6.45) is 2.60. The zero-order valence-electron chi connectivity index (χ0n) is 16.1. The molecular formula is C21H24N4O2S. The van der Waals surface area contributed by atoms with Gasteiger partial charge < -0.3 is 10.1 Å². The average molecular weight is 397 g/mol. The Bertz CT molecular complexity index is 909. The summed E-state index contributed by atoms with van der Waals surface area (Å²) in [5, 5.41) is 11.7. The molecule has 1 heterocycles. The maximum atomic E-state index is 12.1. The van der Waals surface area contributed by atoms with Gasteiger partial charge in [0.1, 0.15) is 18.7 Å². The summed E-state index contributed by atoms with van der Waals surface area (Å²) in [7, 11) is 0. The minimum Gasteiger partial charge on any atom is -0.492 e. The lowest BCUT2D eigenvalue weighted by Gasteiger charge is -2.11. The van der Waals surface area contributed by atoms with Crippen LogP contribution in [0.15, 0.2) is 60.0 Å². The van der Waals surface area contributed by atoms with Crippen LogP contribution >= 0.6 is 11.8 Å². The van der Waals surface area contributed by atoms with Crippen LogP contribution in [0.25, 0.3) is 5.69 Å². The SMILES string of the molecule is CCc1ccccc1-n1cnnc1SCC(=O)NCCOc1ccc(C)cc1. The molecule has 7 heteroatoms. The fourth-order valence-electron chi connectivity index (χ4n) is 2.71. The summed E-state index contributed by atoms with van der Waals surface area (Å²) < 4.78 is 7.54. The quantitative estimate of drug-likeness (QED) is 0.443. The van der Waals surface area contributed by atoms with Crippen LogP contribution in [-0.2, 0) is 11.2 Å². The van der Waals surface area contributed by atoms with Crippen LogP contribution in [0.2, 0.25) is 0 Å². The van der Waals surface area contributed by atoms with Gasteiger partial charge >= 0.3 is 0 Å². The lowest BCUT2D eigenvalue weighted by Crippen LogP contribution is -2.29. The van der Waals surface area contributed by atoms with Crippen molar-refractivity contribution in [1.82, 2.24) is 20.1 Å². The fraction of sp³-hybridized carbons (Fsp3) is 0.286. The van der Waals surface area contributed by atoms with Crippen LogP contribution in [-0.4, -0.2) is 39.6 Å². The number of carbonyl (C=O) groups is 1. The first-order valence-electron chi connectivity index (χ1n) is 9.24. The molecule has 0 atom stereocenters. The van der Waals surface area contributed by atoms with Gasteiger partial charge in [-0.2, -0.15) is 0 Å². The molecule has 6 nitrogen and oxygen atoms in total. The molecule has 0 unspecified atom stereocenters. The highest BCUT2D eigenvalue weighted by molar-refractivity contribution is 7.99. The highest BCUT2D eigenvalue weighted by Crippen LogP contribution is 2.22. The molecule has 1 amide bonds. The van der Waals surface area contributed by atoms with Gasteiger partial charge in [-0.3, -0.25) is 9.36 Å². The van der Waals surface area contributed by atoms with Crippen LogP contribution in [0, 0.1) is 6.92 Å². The Morgan fingerprint density at radius 2 is 1.96 bits per heavy atom. The van der Waals surface area contributed by atoms with Crippen molar-refractivity contribution < 1.29 is 9.53 Å². The number of para-hydroxylation sites is 1. The van der Waals surface area contributed by atoms with Crippen molar-refractivity contribution in [1.29, 1.82) is 0 Å². The third kappa shape index (κ3) is 5.36. The number of amides is 1. The number of ether oxygens (including phenoxy) is 1. The predicted octanol–water partition coefficient (Wildman–Crippen LogP) is 3.43. The summed E-state index contributed by atoms with van der Waals surface area (Å²) in [6.45, 7) is 5.03. The summed E-state index contributed by atoms with van der Waals surface area (Å²) in [6, 6.07) is 16.0. The number of nitrogens with zero attached hydrogens (tertiary/aromatic N) is 3. The average Bonchev–Trinajstić information content (AvgIpc) is 3.19. The molecule has 1 aromatic heterocycles. The van der Waals surface area contributed by atoms with Gasteiger partial charge in [-0.1, -0.05) is 54.6 Å². The minimum absolute atomic E-state index is 0.0594. The molecule has 0 aliphatic carbocycles. The van der Waals surface area contributed by atoms with Crippen molar-refractivity contribution in [2.45, 2.75) is 25.4 Å². The molecule has 0 bridgehead atoms. The van der Waals surface area contributed by atoms with Crippen LogP contribution in [0.5, 0.6) is 5.75 Å². The van der Waals surface area contributed by atoms with Crippen molar-refractivity contribution in [3.8, 4) is 11.4 Å². The van der Waals surface area contributed by atoms with Gasteiger partial charge in [-0.05, 0) is 37.1 Å². The number of rotatable bonds is 9. The Labute approximate surface area is 169 Å². The Morgan fingerprint density at radius 3 is 2.75 bits per heavy atom. The lowest BCUT2D eigenvalue weighted by atomic mass is 10.1. The molecule has 0 radical (unpaired) electrons. The molecule has 0 spiro atoms. The lowest BCUT2D eigenvalue weighted by molar-refractivity contribution is -0.118. The second kappa shape index (κ2) is 9.94. The fourth-order valence-corrected chi connectivity index (χ4v) is 3.46. The third-order valence-corrected chi connectivity index (χ3v) is 5.14. The number of aryl methyl sites for hydroxylation is 2. The smallest absolute Gasteiger partial charge is 0.230 e. The molecule has 0 aliphatic rings. The predicted molar refractivity (Wildman–Crippen MR) is 111 cm³/mol. The highest BCUT2D eigenvalue weighted by Gasteiger charge is 2.12. The molecule has 0 saturated heterocycles.